The van der Waals surface area contributed by atoms with Crippen molar-refractivity contribution in [3.63, 3.8) is 0 Å². The van der Waals surface area contributed by atoms with Crippen LogP contribution >= 0.6 is 0 Å². The number of benzene rings is 5. The number of aliphatic carboxylic acids is 1. The number of carboxylic acid groups (broad SMARTS) is 1. The summed E-state index contributed by atoms with van der Waals surface area (Å²) in [6.07, 6.45) is 0.804. The summed E-state index contributed by atoms with van der Waals surface area (Å²) in [5.41, 5.74) is 13.0. The second kappa shape index (κ2) is 15.2. The van der Waals surface area contributed by atoms with Crippen molar-refractivity contribution in [2.75, 3.05) is 13.2 Å². The molecule has 0 fully saturated rings. The summed E-state index contributed by atoms with van der Waals surface area (Å²) in [5.74, 6) is 0.236. The highest BCUT2D eigenvalue weighted by molar-refractivity contribution is 5.84. The maximum absolute atomic E-state index is 11.0. The predicted octanol–water partition coefficient (Wildman–Crippen LogP) is 11.7. The van der Waals surface area contributed by atoms with Gasteiger partial charge >= 0.3 is 5.97 Å². The maximum atomic E-state index is 11.0. The standard InChI is InChI=1S/C46H50O4/c1-9-32(29-49-41-24-25-42(31(2)26-41)50-30-43(47)48)44(35-20-16-33(17-21-35)37-12-10-14-39(27-37)45(3,4)5)36-22-18-34(19-23-36)38-13-11-15-40(28-38)46(6,7)8/h10-28H,9,29-30H2,1-8H3,(H,47,48). The lowest BCUT2D eigenvalue weighted by molar-refractivity contribution is -0.139. The quantitative estimate of drug-likeness (QED) is 0.152. The highest BCUT2D eigenvalue weighted by atomic mass is 16.5. The van der Waals surface area contributed by atoms with Crippen LogP contribution in [-0.2, 0) is 15.6 Å². The minimum atomic E-state index is -1.01. The monoisotopic (exact) mass is 666 g/mol. The van der Waals surface area contributed by atoms with Gasteiger partial charge in [0, 0.05) is 0 Å². The zero-order chi connectivity index (χ0) is 36.1. The molecule has 50 heavy (non-hydrogen) atoms. The van der Waals surface area contributed by atoms with Gasteiger partial charge in [0.05, 0.1) is 0 Å². The number of hydrogen-bond donors (Lipinski definition) is 1. The van der Waals surface area contributed by atoms with Gasteiger partial charge in [-0.25, -0.2) is 4.79 Å². The maximum Gasteiger partial charge on any atom is 0.341 e. The second-order valence-electron chi connectivity index (χ2n) is 15.0. The molecule has 0 unspecified atom stereocenters. The van der Waals surface area contributed by atoms with Gasteiger partial charge in [-0.3, -0.25) is 0 Å². The molecule has 0 heterocycles. The summed E-state index contributed by atoms with van der Waals surface area (Å²) in [4.78, 5) is 11.0. The van der Waals surface area contributed by atoms with Crippen molar-refractivity contribution in [2.24, 2.45) is 0 Å². The first-order valence-electron chi connectivity index (χ1n) is 17.5. The van der Waals surface area contributed by atoms with E-state index >= 15 is 0 Å². The lowest BCUT2D eigenvalue weighted by atomic mass is 9.85. The molecule has 1 N–H and O–H groups in total. The van der Waals surface area contributed by atoms with Crippen LogP contribution in [0, 0.1) is 6.92 Å². The molecule has 0 aliphatic heterocycles. The molecule has 0 bridgehead atoms. The van der Waals surface area contributed by atoms with Crippen LogP contribution in [0.3, 0.4) is 0 Å². The minimum absolute atomic E-state index is 0.0759. The highest BCUT2D eigenvalue weighted by Gasteiger charge is 2.17. The molecule has 258 valence electrons. The summed E-state index contributed by atoms with van der Waals surface area (Å²) in [5, 5.41) is 9.00. The van der Waals surface area contributed by atoms with Crippen LogP contribution < -0.4 is 9.47 Å². The molecule has 4 nitrogen and oxygen atoms in total. The van der Waals surface area contributed by atoms with E-state index in [4.69, 9.17) is 14.6 Å². The Kier molecular flexibility index (Phi) is 11.0. The van der Waals surface area contributed by atoms with Crippen LogP contribution in [0.25, 0.3) is 27.8 Å². The Balaban J connectivity index is 1.51. The average molecular weight is 667 g/mol. The van der Waals surface area contributed by atoms with Gasteiger partial charge in [-0.15, -0.1) is 0 Å². The average Bonchev–Trinajstić information content (AvgIpc) is 3.09. The van der Waals surface area contributed by atoms with Gasteiger partial charge in [0.15, 0.2) is 6.61 Å². The topological polar surface area (TPSA) is 55.8 Å². The third-order valence-corrected chi connectivity index (χ3v) is 9.16. The van der Waals surface area contributed by atoms with Gasteiger partial charge in [0.1, 0.15) is 18.1 Å². The Morgan fingerprint density at radius 2 is 1.10 bits per heavy atom. The van der Waals surface area contributed by atoms with Crippen molar-refractivity contribution in [1.29, 1.82) is 0 Å². The van der Waals surface area contributed by atoms with Crippen molar-refractivity contribution in [2.45, 2.75) is 72.6 Å². The smallest absolute Gasteiger partial charge is 0.341 e. The molecule has 0 saturated carbocycles. The summed E-state index contributed by atoms with van der Waals surface area (Å²) in [6, 6.07) is 40.9. The number of carboxylic acids is 1. The SMILES string of the molecule is CCC(COc1ccc(OCC(=O)O)c(C)c1)=C(c1ccc(-c2cccc(C(C)(C)C)c2)cc1)c1ccc(-c2cccc(C(C)(C)C)c2)cc1. The number of rotatable bonds is 11. The van der Waals surface area contributed by atoms with Crippen LogP contribution in [-0.4, -0.2) is 24.3 Å². The molecule has 5 rings (SSSR count). The van der Waals surface area contributed by atoms with Crippen molar-refractivity contribution >= 4 is 11.5 Å². The van der Waals surface area contributed by atoms with E-state index in [2.05, 4.69) is 146 Å². The molecule has 0 spiro atoms. The molecule has 0 aliphatic rings. The molecule has 0 radical (unpaired) electrons. The zero-order valence-electron chi connectivity index (χ0n) is 30.8. The lowest BCUT2D eigenvalue weighted by Crippen LogP contribution is -2.10. The van der Waals surface area contributed by atoms with E-state index in [0.717, 1.165) is 28.7 Å². The van der Waals surface area contributed by atoms with E-state index < -0.39 is 5.97 Å². The molecule has 0 aliphatic carbocycles. The Morgan fingerprint density at radius 3 is 1.52 bits per heavy atom. The molecule has 0 atom stereocenters. The molecular formula is C46H50O4. The van der Waals surface area contributed by atoms with Gasteiger partial charge in [0.2, 0.25) is 0 Å². The van der Waals surface area contributed by atoms with Gasteiger partial charge in [-0.1, -0.05) is 146 Å². The van der Waals surface area contributed by atoms with Crippen molar-refractivity contribution in [3.05, 3.63) is 149 Å². The Morgan fingerprint density at radius 1 is 0.600 bits per heavy atom. The highest BCUT2D eigenvalue weighted by Crippen LogP contribution is 2.35. The molecular weight excluding hydrogens is 617 g/mol. The zero-order valence-corrected chi connectivity index (χ0v) is 30.8. The molecule has 0 aromatic heterocycles. The van der Waals surface area contributed by atoms with Crippen LogP contribution in [0.2, 0.25) is 0 Å². The fourth-order valence-electron chi connectivity index (χ4n) is 6.10. The lowest BCUT2D eigenvalue weighted by Gasteiger charge is -2.20. The molecule has 5 aromatic rings. The third-order valence-electron chi connectivity index (χ3n) is 9.16. The summed E-state index contributed by atoms with van der Waals surface area (Å²) in [6.45, 7) is 17.6. The van der Waals surface area contributed by atoms with Crippen LogP contribution in [0.5, 0.6) is 11.5 Å². The van der Waals surface area contributed by atoms with Crippen LogP contribution in [0.4, 0.5) is 0 Å². The normalized spacial score (nSPS) is 11.6. The van der Waals surface area contributed by atoms with E-state index in [-0.39, 0.29) is 17.4 Å². The number of hydrogen-bond acceptors (Lipinski definition) is 3. The number of ether oxygens (including phenoxy) is 2. The van der Waals surface area contributed by atoms with Crippen LogP contribution in [0.1, 0.15) is 82.7 Å². The first-order chi connectivity index (χ1) is 23.7. The fraction of sp³-hybridized carbons (Fsp3) is 0.283. The number of carbonyl (C=O) groups is 1. The first-order valence-corrected chi connectivity index (χ1v) is 17.5. The molecule has 0 saturated heterocycles. The van der Waals surface area contributed by atoms with E-state index in [1.54, 1.807) is 6.07 Å². The van der Waals surface area contributed by atoms with E-state index in [0.29, 0.717) is 18.1 Å². The Labute approximate surface area is 298 Å². The fourth-order valence-corrected chi connectivity index (χ4v) is 6.10. The molecule has 4 heteroatoms. The number of aryl methyl sites for hydroxylation is 1. The van der Waals surface area contributed by atoms with Gasteiger partial charge in [0.25, 0.3) is 0 Å². The predicted molar refractivity (Wildman–Crippen MR) is 207 cm³/mol. The third kappa shape index (κ3) is 8.92. The van der Waals surface area contributed by atoms with Gasteiger partial charge < -0.3 is 14.6 Å². The van der Waals surface area contributed by atoms with E-state index in [9.17, 15) is 4.79 Å². The largest absolute Gasteiger partial charge is 0.489 e. The van der Waals surface area contributed by atoms with Crippen molar-refractivity contribution in [3.8, 4) is 33.8 Å². The Bertz CT molecular complexity index is 1860. The van der Waals surface area contributed by atoms with Gasteiger partial charge in [-0.05, 0) is 104 Å². The Hall–Kier alpha value is -5.09. The molecule has 5 aromatic carbocycles. The second-order valence-corrected chi connectivity index (χ2v) is 15.0. The molecule has 0 amide bonds. The summed E-state index contributed by atoms with van der Waals surface area (Å²) in [7, 11) is 0. The van der Waals surface area contributed by atoms with Crippen molar-refractivity contribution in [1.82, 2.24) is 0 Å². The van der Waals surface area contributed by atoms with E-state index in [1.165, 1.54) is 39.0 Å². The van der Waals surface area contributed by atoms with Crippen molar-refractivity contribution < 1.29 is 19.4 Å². The first kappa shape index (κ1) is 36.2. The minimum Gasteiger partial charge on any atom is -0.489 e. The van der Waals surface area contributed by atoms with Gasteiger partial charge in [-0.2, -0.15) is 0 Å². The van der Waals surface area contributed by atoms with Crippen LogP contribution in [0.15, 0.2) is 121 Å². The summed E-state index contributed by atoms with van der Waals surface area (Å²) >= 11 is 0. The summed E-state index contributed by atoms with van der Waals surface area (Å²) < 4.78 is 11.8. The van der Waals surface area contributed by atoms with E-state index in [1.807, 2.05) is 19.1 Å².